The number of halogens is 1. The summed E-state index contributed by atoms with van der Waals surface area (Å²) < 4.78 is 3.31. The normalized spacial score (nSPS) is 10.8. The minimum atomic E-state index is 0.995. The number of rotatable bonds is 6. The Morgan fingerprint density at radius 1 is 1.39 bits per heavy atom. The highest BCUT2D eigenvalue weighted by Gasteiger charge is 2.04. The Balaban J connectivity index is 2.08. The Kier molecular flexibility index (Phi) is 4.96. The van der Waals surface area contributed by atoms with Gasteiger partial charge in [-0.15, -0.1) is 0 Å². The molecule has 0 fully saturated rings. The van der Waals surface area contributed by atoms with Crippen molar-refractivity contribution in [3.63, 3.8) is 0 Å². The zero-order chi connectivity index (χ0) is 12.8. The second kappa shape index (κ2) is 6.71. The quantitative estimate of drug-likeness (QED) is 0.830. The predicted molar refractivity (Wildman–Crippen MR) is 78.5 cm³/mol. The van der Waals surface area contributed by atoms with E-state index in [2.05, 4.69) is 55.9 Å². The van der Waals surface area contributed by atoms with Gasteiger partial charge in [0.2, 0.25) is 0 Å². The number of aryl methyl sites for hydroxylation is 1. The van der Waals surface area contributed by atoms with Gasteiger partial charge in [0.25, 0.3) is 0 Å². The van der Waals surface area contributed by atoms with Crippen molar-refractivity contribution in [1.29, 1.82) is 0 Å². The van der Waals surface area contributed by atoms with Gasteiger partial charge in [0.15, 0.2) is 0 Å². The molecule has 0 saturated carbocycles. The number of nitrogens with zero attached hydrogens (tertiary/aromatic N) is 2. The van der Waals surface area contributed by atoms with Crippen molar-refractivity contribution in [3.8, 4) is 11.3 Å². The molecule has 4 heteroatoms. The molecule has 0 saturated heterocycles. The topological polar surface area (TPSA) is 29.9 Å². The molecule has 0 spiro atoms. The molecule has 1 heterocycles. The minimum Gasteiger partial charge on any atom is -0.331 e. The molecule has 2 aromatic rings. The molecule has 1 aromatic carbocycles. The van der Waals surface area contributed by atoms with E-state index >= 15 is 0 Å². The Bertz CT molecular complexity index is 493. The van der Waals surface area contributed by atoms with Gasteiger partial charge in [-0.2, -0.15) is 0 Å². The maximum absolute atomic E-state index is 4.25. The lowest BCUT2D eigenvalue weighted by Gasteiger charge is -2.08. The fourth-order valence-electron chi connectivity index (χ4n) is 1.94. The van der Waals surface area contributed by atoms with Crippen LogP contribution >= 0.6 is 15.9 Å². The van der Waals surface area contributed by atoms with E-state index in [0.29, 0.717) is 0 Å². The van der Waals surface area contributed by atoms with Crippen LogP contribution in [0.1, 0.15) is 13.3 Å². The van der Waals surface area contributed by atoms with E-state index in [0.717, 1.165) is 30.5 Å². The minimum absolute atomic E-state index is 0.995. The third-order valence-corrected chi connectivity index (χ3v) is 3.33. The summed E-state index contributed by atoms with van der Waals surface area (Å²) in [6.07, 6.45) is 4.95. The average Bonchev–Trinajstić information content (AvgIpc) is 2.83. The highest BCUT2D eigenvalue weighted by Crippen LogP contribution is 2.22. The number of imidazole rings is 1. The summed E-state index contributed by atoms with van der Waals surface area (Å²) in [4.78, 5) is 4.25. The number of hydrogen-bond donors (Lipinski definition) is 1. The number of benzene rings is 1. The molecule has 0 atom stereocenters. The van der Waals surface area contributed by atoms with Crippen molar-refractivity contribution in [2.75, 3.05) is 13.1 Å². The van der Waals surface area contributed by atoms with Crippen molar-refractivity contribution < 1.29 is 0 Å². The fraction of sp³-hybridized carbons (Fsp3) is 0.357. The van der Waals surface area contributed by atoms with Crippen LogP contribution in [0, 0.1) is 0 Å². The first-order chi connectivity index (χ1) is 8.81. The first kappa shape index (κ1) is 13.3. The molecule has 3 nitrogen and oxygen atoms in total. The largest absolute Gasteiger partial charge is 0.331 e. The van der Waals surface area contributed by atoms with Crippen LogP contribution < -0.4 is 5.32 Å². The van der Waals surface area contributed by atoms with Gasteiger partial charge in [-0.05, 0) is 31.6 Å². The molecule has 0 bridgehead atoms. The van der Waals surface area contributed by atoms with Gasteiger partial charge in [-0.1, -0.05) is 35.0 Å². The monoisotopic (exact) mass is 307 g/mol. The van der Waals surface area contributed by atoms with E-state index in [1.807, 2.05) is 18.6 Å². The highest BCUT2D eigenvalue weighted by atomic mass is 79.9. The highest BCUT2D eigenvalue weighted by molar-refractivity contribution is 9.10. The lowest BCUT2D eigenvalue weighted by atomic mass is 10.1. The molecule has 0 radical (unpaired) electrons. The summed E-state index contributed by atoms with van der Waals surface area (Å²) in [6.45, 7) is 5.20. The standard InChI is InChI=1S/C14H18BrN3/c1-2-16-7-4-8-18-11-17-10-14(18)12-5-3-6-13(15)9-12/h3,5-6,9-11,16H,2,4,7-8H2,1H3. The van der Waals surface area contributed by atoms with Gasteiger partial charge in [0, 0.05) is 16.6 Å². The smallest absolute Gasteiger partial charge is 0.0950 e. The Hall–Kier alpha value is -1.13. The van der Waals surface area contributed by atoms with Crippen molar-refractivity contribution >= 4 is 15.9 Å². The van der Waals surface area contributed by atoms with Gasteiger partial charge in [0.05, 0.1) is 18.2 Å². The van der Waals surface area contributed by atoms with E-state index in [4.69, 9.17) is 0 Å². The van der Waals surface area contributed by atoms with Crippen molar-refractivity contribution in [3.05, 3.63) is 41.3 Å². The van der Waals surface area contributed by atoms with E-state index in [1.54, 1.807) is 0 Å². The van der Waals surface area contributed by atoms with Gasteiger partial charge < -0.3 is 9.88 Å². The van der Waals surface area contributed by atoms with Crippen LogP contribution in [0.3, 0.4) is 0 Å². The summed E-state index contributed by atoms with van der Waals surface area (Å²) in [7, 11) is 0. The summed E-state index contributed by atoms with van der Waals surface area (Å²) in [6, 6.07) is 8.32. The average molecular weight is 308 g/mol. The Labute approximate surface area is 116 Å². The second-order valence-electron chi connectivity index (χ2n) is 4.19. The van der Waals surface area contributed by atoms with Gasteiger partial charge in [0.1, 0.15) is 0 Å². The molecule has 0 aliphatic rings. The summed E-state index contributed by atoms with van der Waals surface area (Å²) >= 11 is 3.51. The van der Waals surface area contributed by atoms with Crippen molar-refractivity contribution in [2.45, 2.75) is 19.9 Å². The maximum Gasteiger partial charge on any atom is 0.0950 e. The van der Waals surface area contributed by atoms with Crippen molar-refractivity contribution in [2.24, 2.45) is 0 Å². The van der Waals surface area contributed by atoms with Crippen LogP contribution in [0.5, 0.6) is 0 Å². The number of aromatic nitrogens is 2. The fourth-order valence-corrected chi connectivity index (χ4v) is 2.34. The maximum atomic E-state index is 4.25. The van der Waals surface area contributed by atoms with Crippen LogP contribution in [0.15, 0.2) is 41.3 Å². The molecule has 18 heavy (non-hydrogen) atoms. The van der Waals surface area contributed by atoms with Crippen LogP contribution in [0.25, 0.3) is 11.3 Å². The van der Waals surface area contributed by atoms with Gasteiger partial charge in [-0.3, -0.25) is 0 Å². The molecule has 0 aliphatic heterocycles. The lowest BCUT2D eigenvalue weighted by Crippen LogP contribution is -2.16. The van der Waals surface area contributed by atoms with Crippen molar-refractivity contribution in [1.82, 2.24) is 14.9 Å². The van der Waals surface area contributed by atoms with Crippen LogP contribution in [-0.2, 0) is 6.54 Å². The van der Waals surface area contributed by atoms with E-state index in [-0.39, 0.29) is 0 Å². The number of nitrogens with one attached hydrogen (secondary N) is 1. The SMILES string of the molecule is CCNCCCn1cncc1-c1cccc(Br)c1. The first-order valence-electron chi connectivity index (χ1n) is 6.28. The zero-order valence-electron chi connectivity index (χ0n) is 10.6. The molecular weight excluding hydrogens is 290 g/mol. The Morgan fingerprint density at radius 3 is 3.06 bits per heavy atom. The van der Waals surface area contributed by atoms with Crippen LogP contribution in [0.2, 0.25) is 0 Å². The molecule has 0 aliphatic carbocycles. The molecule has 1 N–H and O–H groups in total. The second-order valence-corrected chi connectivity index (χ2v) is 5.11. The molecular formula is C14H18BrN3. The lowest BCUT2D eigenvalue weighted by molar-refractivity contribution is 0.595. The molecule has 96 valence electrons. The van der Waals surface area contributed by atoms with Crippen LogP contribution in [-0.4, -0.2) is 22.6 Å². The molecule has 0 unspecified atom stereocenters. The zero-order valence-corrected chi connectivity index (χ0v) is 12.2. The molecule has 1 aromatic heterocycles. The van der Waals surface area contributed by atoms with Crippen LogP contribution in [0.4, 0.5) is 0 Å². The summed E-state index contributed by atoms with van der Waals surface area (Å²) in [5.74, 6) is 0. The van der Waals surface area contributed by atoms with E-state index in [1.165, 1.54) is 11.3 Å². The van der Waals surface area contributed by atoms with Gasteiger partial charge in [-0.25, -0.2) is 4.98 Å². The predicted octanol–water partition coefficient (Wildman–Crippen LogP) is 3.31. The number of hydrogen-bond acceptors (Lipinski definition) is 2. The third-order valence-electron chi connectivity index (χ3n) is 2.84. The molecule has 2 rings (SSSR count). The molecule has 0 amide bonds. The third kappa shape index (κ3) is 3.43. The van der Waals surface area contributed by atoms with E-state index < -0.39 is 0 Å². The Morgan fingerprint density at radius 2 is 2.28 bits per heavy atom. The summed E-state index contributed by atoms with van der Waals surface area (Å²) in [5.41, 5.74) is 2.37. The van der Waals surface area contributed by atoms with E-state index in [9.17, 15) is 0 Å². The summed E-state index contributed by atoms with van der Waals surface area (Å²) in [5, 5.41) is 3.34. The first-order valence-corrected chi connectivity index (χ1v) is 7.07. The van der Waals surface area contributed by atoms with Gasteiger partial charge >= 0.3 is 0 Å².